The molecule has 5 fully saturated rings. The Bertz CT molecular complexity index is 277. The predicted octanol–water partition coefficient (Wildman–Crippen LogP) is 1.13. The number of hydrogen-bond donors (Lipinski definition) is 1. The summed E-state index contributed by atoms with van der Waals surface area (Å²) < 4.78 is 0. The minimum Gasteiger partial charge on any atom is -0.393 e. The molecule has 5 aliphatic carbocycles. The molecule has 5 saturated carbocycles. The van der Waals surface area contributed by atoms with Gasteiger partial charge in [0.15, 0.2) is 0 Å². The Morgan fingerprint density at radius 3 is 2.17 bits per heavy atom. The first-order valence-electron chi connectivity index (χ1n) is 5.56. The zero-order valence-electron chi connectivity index (χ0n) is 7.06. The maximum absolute atomic E-state index is 10.1. The minimum atomic E-state index is 0.146. The molecule has 0 aliphatic heterocycles. The molecule has 0 spiro atoms. The molecule has 5 aliphatic rings. The SMILES string of the molecule is OC1C2C3CC4C1C1C2CC3C41. The lowest BCUT2D eigenvalue weighted by atomic mass is 9.59. The van der Waals surface area contributed by atoms with Crippen molar-refractivity contribution in [1.82, 2.24) is 0 Å². The van der Waals surface area contributed by atoms with Gasteiger partial charge in [-0.15, -0.1) is 0 Å². The van der Waals surface area contributed by atoms with E-state index in [0.29, 0.717) is 0 Å². The van der Waals surface area contributed by atoms with Gasteiger partial charge in [-0.25, -0.2) is 0 Å². The average molecular weight is 162 g/mol. The van der Waals surface area contributed by atoms with Crippen LogP contribution in [0.25, 0.3) is 0 Å². The average Bonchev–Trinajstić information content (AvgIpc) is 2.47. The van der Waals surface area contributed by atoms with Crippen LogP contribution in [0.15, 0.2) is 0 Å². The zero-order valence-corrected chi connectivity index (χ0v) is 7.06. The Kier molecular flexibility index (Phi) is 0.609. The molecule has 1 nitrogen and oxygen atoms in total. The predicted molar refractivity (Wildman–Crippen MR) is 43.2 cm³/mol. The lowest BCUT2D eigenvalue weighted by Crippen LogP contribution is -2.45. The van der Waals surface area contributed by atoms with E-state index in [9.17, 15) is 5.11 Å². The van der Waals surface area contributed by atoms with Gasteiger partial charge in [0.1, 0.15) is 0 Å². The standard InChI is InChI=1S/C11H14O/c12-11-8-4-2-5-7-3(4)1-6(8)9(7)10(5)11/h3-12H,1-2H2. The van der Waals surface area contributed by atoms with Gasteiger partial charge in [-0.3, -0.25) is 0 Å². The highest BCUT2D eigenvalue weighted by molar-refractivity contribution is 5.27. The first-order valence-corrected chi connectivity index (χ1v) is 5.56. The van der Waals surface area contributed by atoms with E-state index in [1.54, 1.807) is 0 Å². The third kappa shape index (κ3) is 0.296. The first-order chi connectivity index (χ1) is 5.88. The first kappa shape index (κ1) is 5.64. The molecule has 9 atom stereocenters. The van der Waals surface area contributed by atoms with Crippen LogP contribution < -0.4 is 0 Å². The van der Waals surface area contributed by atoms with Gasteiger partial charge in [0.05, 0.1) is 6.10 Å². The van der Waals surface area contributed by atoms with Gasteiger partial charge in [0.25, 0.3) is 0 Å². The van der Waals surface area contributed by atoms with Crippen LogP contribution in [-0.4, -0.2) is 11.2 Å². The normalized spacial score (nSPS) is 85.2. The molecule has 0 amide bonds. The van der Waals surface area contributed by atoms with Gasteiger partial charge in [0, 0.05) is 0 Å². The van der Waals surface area contributed by atoms with Gasteiger partial charge in [0.2, 0.25) is 0 Å². The molecular formula is C11H14O. The number of aliphatic hydroxyl groups excluding tert-OH is 1. The summed E-state index contributed by atoms with van der Waals surface area (Å²) in [5, 5.41) is 10.1. The molecular weight excluding hydrogens is 148 g/mol. The highest BCUT2D eigenvalue weighted by atomic mass is 16.3. The Morgan fingerprint density at radius 2 is 1.33 bits per heavy atom. The van der Waals surface area contributed by atoms with Crippen LogP contribution >= 0.6 is 0 Å². The fraction of sp³-hybridized carbons (Fsp3) is 1.00. The number of rotatable bonds is 0. The van der Waals surface area contributed by atoms with Gasteiger partial charge in [-0.05, 0) is 60.2 Å². The smallest absolute Gasteiger partial charge is 0.0607 e. The van der Waals surface area contributed by atoms with Crippen LogP contribution in [0, 0.1) is 47.3 Å². The second-order valence-electron chi connectivity index (χ2n) is 5.93. The van der Waals surface area contributed by atoms with Gasteiger partial charge < -0.3 is 5.11 Å². The van der Waals surface area contributed by atoms with E-state index in [4.69, 9.17) is 0 Å². The van der Waals surface area contributed by atoms with E-state index < -0.39 is 0 Å². The van der Waals surface area contributed by atoms with Crippen LogP contribution in [0.2, 0.25) is 0 Å². The molecule has 1 heteroatoms. The van der Waals surface area contributed by atoms with Crippen LogP contribution in [0.3, 0.4) is 0 Å². The highest BCUT2D eigenvalue weighted by Gasteiger charge is 2.80. The van der Waals surface area contributed by atoms with Crippen molar-refractivity contribution in [2.45, 2.75) is 18.9 Å². The fourth-order valence-electron chi connectivity index (χ4n) is 6.42. The molecule has 9 unspecified atom stereocenters. The summed E-state index contributed by atoms with van der Waals surface area (Å²) in [7, 11) is 0. The lowest BCUT2D eigenvalue weighted by molar-refractivity contribution is -0.0494. The van der Waals surface area contributed by atoms with Crippen molar-refractivity contribution >= 4 is 0 Å². The Balaban J connectivity index is 1.86. The summed E-state index contributed by atoms with van der Waals surface area (Å²) in [6, 6.07) is 0. The molecule has 0 radical (unpaired) electrons. The molecule has 0 saturated heterocycles. The number of hydrogen-bond acceptors (Lipinski definition) is 1. The maximum atomic E-state index is 10.1. The third-order valence-corrected chi connectivity index (χ3v) is 6.28. The second kappa shape index (κ2) is 1.30. The van der Waals surface area contributed by atoms with Crippen molar-refractivity contribution in [2.75, 3.05) is 0 Å². The summed E-state index contributed by atoms with van der Waals surface area (Å²) in [5.41, 5.74) is 0. The van der Waals surface area contributed by atoms with Crippen LogP contribution in [0.1, 0.15) is 12.8 Å². The van der Waals surface area contributed by atoms with Crippen LogP contribution in [0.5, 0.6) is 0 Å². The molecule has 0 aromatic heterocycles. The second-order valence-corrected chi connectivity index (χ2v) is 5.93. The quantitative estimate of drug-likeness (QED) is 0.566. The summed E-state index contributed by atoms with van der Waals surface area (Å²) >= 11 is 0. The monoisotopic (exact) mass is 162 g/mol. The van der Waals surface area contributed by atoms with Crippen LogP contribution in [-0.2, 0) is 0 Å². The zero-order chi connectivity index (χ0) is 7.61. The van der Waals surface area contributed by atoms with Gasteiger partial charge >= 0.3 is 0 Å². The van der Waals surface area contributed by atoms with Gasteiger partial charge in [-0.1, -0.05) is 0 Å². The summed E-state index contributed by atoms with van der Waals surface area (Å²) in [5.74, 6) is 7.73. The Morgan fingerprint density at radius 1 is 0.667 bits per heavy atom. The lowest BCUT2D eigenvalue weighted by Gasteiger charge is -2.46. The third-order valence-electron chi connectivity index (χ3n) is 6.28. The Hall–Kier alpha value is -0.0400. The summed E-state index contributed by atoms with van der Waals surface area (Å²) in [6.07, 6.45) is 3.16. The van der Waals surface area contributed by atoms with Crippen molar-refractivity contribution in [2.24, 2.45) is 47.3 Å². The molecule has 1 N–H and O–H groups in total. The largest absolute Gasteiger partial charge is 0.393 e. The van der Waals surface area contributed by atoms with E-state index in [-0.39, 0.29) is 6.10 Å². The Labute approximate surface area is 72.2 Å². The van der Waals surface area contributed by atoms with E-state index in [2.05, 4.69) is 0 Å². The topological polar surface area (TPSA) is 20.2 Å². The highest BCUT2D eigenvalue weighted by Crippen LogP contribution is 2.82. The maximum Gasteiger partial charge on any atom is 0.0607 e. The minimum absolute atomic E-state index is 0.146. The molecule has 2 bridgehead atoms. The fourth-order valence-corrected chi connectivity index (χ4v) is 6.42. The van der Waals surface area contributed by atoms with E-state index in [1.165, 1.54) is 12.8 Å². The van der Waals surface area contributed by atoms with E-state index in [1.807, 2.05) is 0 Å². The number of fused-ring (bicyclic) bond motifs is 2. The van der Waals surface area contributed by atoms with Crippen LogP contribution in [0.4, 0.5) is 0 Å². The van der Waals surface area contributed by atoms with Crippen molar-refractivity contribution in [3.63, 3.8) is 0 Å². The van der Waals surface area contributed by atoms with Gasteiger partial charge in [-0.2, -0.15) is 0 Å². The summed E-state index contributed by atoms with van der Waals surface area (Å²) in [4.78, 5) is 0. The molecule has 12 heavy (non-hydrogen) atoms. The number of aliphatic hydroxyl groups is 1. The van der Waals surface area contributed by atoms with Crippen molar-refractivity contribution < 1.29 is 5.11 Å². The van der Waals surface area contributed by atoms with Crippen molar-refractivity contribution in [3.05, 3.63) is 0 Å². The molecule has 64 valence electrons. The molecule has 0 heterocycles. The molecule has 5 rings (SSSR count). The van der Waals surface area contributed by atoms with Crippen molar-refractivity contribution in [3.8, 4) is 0 Å². The molecule has 0 aromatic rings. The molecule has 0 aromatic carbocycles. The summed E-state index contributed by atoms with van der Waals surface area (Å²) in [6.45, 7) is 0. The van der Waals surface area contributed by atoms with E-state index >= 15 is 0 Å². The van der Waals surface area contributed by atoms with Crippen molar-refractivity contribution in [1.29, 1.82) is 0 Å². The van der Waals surface area contributed by atoms with E-state index in [0.717, 1.165) is 47.3 Å².